The SMILES string of the molecule is CNC(c1cscc1Br)c1cccc(OC)c1OC. The molecule has 0 amide bonds. The van der Waals surface area contributed by atoms with Crippen LogP contribution in [-0.4, -0.2) is 21.3 Å². The molecule has 2 rings (SSSR count). The second-order valence-electron chi connectivity index (χ2n) is 3.98. The molecule has 0 fully saturated rings. The smallest absolute Gasteiger partial charge is 0.165 e. The number of para-hydroxylation sites is 1. The van der Waals surface area contributed by atoms with Crippen LogP contribution in [0.25, 0.3) is 0 Å². The highest BCUT2D eigenvalue weighted by atomic mass is 79.9. The van der Waals surface area contributed by atoms with Gasteiger partial charge in [0.05, 0.1) is 20.3 Å². The van der Waals surface area contributed by atoms with Gasteiger partial charge < -0.3 is 14.8 Å². The van der Waals surface area contributed by atoms with Crippen LogP contribution in [0.2, 0.25) is 0 Å². The van der Waals surface area contributed by atoms with E-state index in [1.165, 1.54) is 5.56 Å². The predicted octanol–water partition coefficient (Wildman–Crippen LogP) is 3.84. The summed E-state index contributed by atoms with van der Waals surface area (Å²) in [6, 6.07) is 5.98. The molecule has 2 aromatic rings. The van der Waals surface area contributed by atoms with Gasteiger partial charge >= 0.3 is 0 Å². The molecule has 0 saturated carbocycles. The molecule has 0 radical (unpaired) electrons. The van der Waals surface area contributed by atoms with Crippen LogP contribution in [0.5, 0.6) is 11.5 Å². The van der Waals surface area contributed by atoms with E-state index in [1.807, 2.05) is 25.2 Å². The average molecular weight is 342 g/mol. The van der Waals surface area contributed by atoms with Gasteiger partial charge in [-0.3, -0.25) is 0 Å². The molecule has 1 heterocycles. The zero-order chi connectivity index (χ0) is 13.8. The maximum atomic E-state index is 5.51. The van der Waals surface area contributed by atoms with Gasteiger partial charge in [-0.15, -0.1) is 0 Å². The molecule has 1 aromatic carbocycles. The van der Waals surface area contributed by atoms with Crippen molar-refractivity contribution in [3.05, 3.63) is 44.6 Å². The molecule has 19 heavy (non-hydrogen) atoms. The third-order valence-corrected chi connectivity index (χ3v) is 4.74. The second-order valence-corrected chi connectivity index (χ2v) is 5.58. The number of halogens is 1. The van der Waals surface area contributed by atoms with Crippen molar-refractivity contribution in [1.29, 1.82) is 0 Å². The number of nitrogens with one attached hydrogen (secondary N) is 1. The first-order chi connectivity index (χ1) is 9.22. The third kappa shape index (κ3) is 2.78. The molecule has 1 N–H and O–H groups in total. The van der Waals surface area contributed by atoms with E-state index in [1.54, 1.807) is 25.6 Å². The molecule has 0 aliphatic rings. The molecular formula is C14H16BrNO2S. The number of hydrogen-bond acceptors (Lipinski definition) is 4. The van der Waals surface area contributed by atoms with E-state index in [9.17, 15) is 0 Å². The Morgan fingerprint density at radius 2 is 1.95 bits per heavy atom. The minimum Gasteiger partial charge on any atom is -0.493 e. The van der Waals surface area contributed by atoms with Crippen molar-refractivity contribution in [2.45, 2.75) is 6.04 Å². The highest BCUT2D eigenvalue weighted by molar-refractivity contribution is 9.10. The largest absolute Gasteiger partial charge is 0.493 e. The number of ether oxygens (including phenoxy) is 2. The Kier molecular flexibility index (Phi) is 4.85. The summed E-state index contributed by atoms with van der Waals surface area (Å²) >= 11 is 5.25. The van der Waals surface area contributed by atoms with Gasteiger partial charge in [-0.25, -0.2) is 0 Å². The fourth-order valence-corrected chi connectivity index (χ4v) is 3.67. The van der Waals surface area contributed by atoms with Crippen LogP contribution >= 0.6 is 27.3 Å². The molecule has 0 aliphatic heterocycles. The van der Waals surface area contributed by atoms with Crippen molar-refractivity contribution >= 4 is 27.3 Å². The van der Waals surface area contributed by atoms with E-state index in [2.05, 4.69) is 32.0 Å². The fourth-order valence-electron chi connectivity index (χ4n) is 2.12. The lowest BCUT2D eigenvalue weighted by Crippen LogP contribution is -2.18. The zero-order valence-corrected chi connectivity index (χ0v) is 13.5. The summed E-state index contributed by atoms with van der Waals surface area (Å²) in [7, 11) is 5.25. The van der Waals surface area contributed by atoms with Crippen molar-refractivity contribution in [1.82, 2.24) is 5.32 Å². The topological polar surface area (TPSA) is 30.5 Å². The standard InChI is InChI=1S/C14H16BrNO2S/c1-16-13(10-7-19-8-11(10)15)9-5-4-6-12(17-2)14(9)18-3/h4-8,13,16H,1-3H3. The van der Waals surface area contributed by atoms with Crippen molar-refractivity contribution < 1.29 is 9.47 Å². The van der Waals surface area contributed by atoms with Gasteiger partial charge in [0.1, 0.15) is 0 Å². The molecule has 0 aliphatic carbocycles. The molecule has 102 valence electrons. The van der Waals surface area contributed by atoms with Crippen LogP contribution in [0.1, 0.15) is 17.2 Å². The maximum Gasteiger partial charge on any atom is 0.165 e. The normalized spacial score (nSPS) is 12.2. The number of rotatable bonds is 5. The molecule has 0 spiro atoms. The van der Waals surface area contributed by atoms with Gasteiger partial charge in [-0.2, -0.15) is 11.3 Å². The Balaban J connectivity index is 2.53. The first-order valence-corrected chi connectivity index (χ1v) is 7.56. The maximum absolute atomic E-state index is 5.51. The van der Waals surface area contributed by atoms with Gasteiger partial charge in [0.25, 0.3) is 0 Å². The van der Waals surface area contributed by atoms with E-state index in [0.29, 0.717) is 0 Å². The summed E-state index contributed by atoms with van der Waals surface area (Å²) in [5.74, 6) is 1.51. The van der Waals surface area contributed by atoms with E-state index < -0.39 is 0 Å². The van der Waals surface area contributed by atoms with E-state index in [4.69, 9.17) is 9.47 Å². The lowest BCUT2D eigenvalue weighted by Gasteiger charge is -2.20. The van der Waals surface area contributed by atoms with Gasteiger partial charge in [-0.05, 0) is 40.0 Å². The lowest BCUT2D eigenvalue weighted by atomic mass is 10.00. The highest BCUT2D eigenvalue weighted by Gasteiger charge is 2.21. The van der Waals surface area contributed by atoms with Crippen LogP contribution in [0.4, 0.5) is 0 Å². The Hall–Kier alpha value is -1.04. The summed E-state index contributed by atoms with van der Waals surface area (Å²) in [5.41, 5.74) is 2.25. The average Bonchev–Trinajstić information content (AvgIpc) is 2.85. The molecular weight excluding hydrogens is 326 g/mol. The van der Waals surface area contributed by atoms with Crippen molar-refractivity contribution in [2.75, 3.05) is 21.3 Å². The molecule has 3 nitrogen and oxygen atoms in total. The Morgan fingerprint density at radius 1 is 1.16 bits per heavy atom. The summed E-state index contributed by atoms with van der Waals surface area (Å²) in [4.78, 5) is 0. The number of methoxy groups -OCH3 is 2. The zero-order valence-electron chi connectivity index (χ0n) is 11.1. The first kappa shape index (κ1) is 14.4. The molecule has 1 unspecified atom stereocenters. The number of thiophene rings is 1. The molecule has 5 heteroatoms. The summed E-state index contributed by atoms with van der Waals surface area (Å²) < 4.78 is 12.0. The predicted molar refractivity (Wildman–Crippen MR) is 82.5 cm³/mol. The molecule has 1 atom stereocenters. The fraction of sp³-hybridized carbons (Fsp3) is 0.286. The van der Waals surface area contributed by atoms with Gasteiger partial charge in [0, 0.05) is 15.4 Å². The Bertz CT molecular complexity index is 556. The van der Waals surface area contributed by atoms with Crippen molar-refractivity contribution in [3.63, 3.8) is 0 Å². The number of benzene rings is 1. The minimum absolute atomic E-state index is 0.0608. The van der Waals surface area contributed by atoms with Crippen molar-refractivity contribution in [2.24, 2.45) is 0 Å². The second kappa shape index (κ2) is 6.41. The van der Waals surface area contributed by atoms with Gasteiger partial charge in [0.2, 0.25) is 0 Å². The van der Waals surface area contributed by atoms with Crippen LogP contribution < -0.4 is 14.8 Å². The first-order valence-electron chi connectivity index (χ1n) is 5.82. The summed E-state index contributed by atoms with van der Waals surface area (Å²) in [6.45, 7) is 0. The molecule has 0 saturated heterocycles. The molecule has 0 bridgehead atoms. The number of hydrogen-bond donors (Lipinski definition) is 1. The Labute approximate surface area is 125 Å². The van der Waals surface area contributed by atoms with Crippen molar-refractivity contribution in [3.8, 4) is 11.5 Å². The minimum atomic E-state index is 0.0608. The third-order valence-electron chi connectivity index (χ3n) is 2.99. The monoisotopic (exact) mass is 341 g/mol. The highest BCUT2D eigenvalue weighted by Crippen LogP contribution is 2.39. The van der Waals surface area contributed by atoms with Gasteiger partial charge in [-0.1, -0.05) is 12.1 Å². The van der Waals surface area contributed by atoms with Crippen LogP contribution in [0, 0.1) is 0 Å². The Morgan fingerprint density at radius 3 is 2.47 bits per heavy atom. The van der Waals surface area contributed by atoms with Crippen LogP contribution in [-0.2, 0) is 0 Å². The quantitative estimate of drug-likeness (QED) is 0.896. The van der Waals surface area contributed by atoms with Gasteiger partial charge in [0.15, 0.2) is 11.5 Å². The van der Waals surface area contributed by atoms with E-state index in [-0.39, 0.29) is 6.04 Å². The molecule has 1 aromatic heterocycles. The van der Waals surface area contributed by atoms with E-state index in [0.717, 1.165) is 21.5 Å². The van der Waals surface area contributed by atoms with Crippen LogP contribution in [0.3, 0.4) is 0 Å². The lowest BCUT2D eigenvalue weighted by molar-refractivity contribution is 0.349. The summed E-state index contributed by atoms with van der Waals surface area (Å²) in [6.07, 6.45) is 0. The van der Waals surface area contributed by atoms with E-state index >= 15 is 0 Å². The summed E-state index contributed by atoms with van der Waals surface area (Å²) in [5, 5.41) is 7.53. The van der Waals surface area contributed by atoms with Crippen LogP contribution in [0.15, 0.2) is 33.4 Å².